The van der Waals surface area contributed by atoms with Crippen molar-refractivity contribution in [2.75, 3.05) is 19.8 Å². The standard InChI is InChI=1S/C14H17N5O3/c20-13(17-5-6-22-9-11(17)10-1-2-10)8-19-14(21)18-4-3-15-7-12(18)16-19/h3-4,7,10-11H,1-2,5-6,8-9H2. The van der Waals surface area contributed by atoms with Gasteiger partial charge in [-0.25, -0.2) is 13.9 Å². The van der Waals surface area contributed by atoms with E-state index in [0.29, 0.717) is 31.3 Å². The minimum absolute atomic E-state index is 0.0380. The number of hydrogen-bond donors (Lipinski definition) is 0. The Balaban J connectivity index is 1.57. The SMILES string of the molecule is O=C(Cn1nc2cnccn2c1=O)N1CCOCC1C1CC1. The van der Waals surface area contributed by atoms with Crippen LogP contribution in [-0.4, -0.2) is 55.8 Å². The van der Waals surface area contributed by atoms with Crippen molar-refractivity contribution in [1.29, 1.82) is 0 Å². The molecule has 1 amide bonds. The maximum absolute atomic E-state index is 12.6. The molecule has 2 aromatic rings. The van der Waals surface area contributed by atoms with Crippen LogP contribution in [0.5, 0.6) is 0 Å². The predicted octanol–water partition coefficient (Wildman–Crippen LogP) is -0.472. The molecule has 1 atom stereocenters. The molecule has 1 aliphatic heterocycles. The first kappa shape index (κ1) is 13.4. The molecule has 8 heteroatoms. The summed E-state index contributed by atoms with van der Waals surface area (Å²) in [5.41, 5.74) is 0.128. The Bertz CT molecular complexity index is 763. The van der Waals surface area contributed by atoms with Gasteiger partial charge >= 0.3 is 5.69 Å². The first-order valence-electron chi connectivity index (χ1n) is 7.50. The van der Waals surface area contributed by atoms with E-state index in [2.05, 4.69) is 10.1 Å². The topological polar surface area (TPSA) is 81.7 Å². The number of ether oxygens (including phenoxy) is 1. The van der Waals surface area contributed by atoms with Gasteiger partial charge in [0.1, 0.15) is 6.54 Å². The fourth-order valence-corrected chi connectivity index (χ4v) is 3.01. The molecule has 0 aromatic carbocycles. The molecule has 0 N–H and O–H groups in total. The van der Waals surface area contributed by atoms with E-state index in [0.717, 1.165) is 12.8 Å². The molecule has 1 saturated carbocycles. The summed E-state index contributed by atoms with van der Waals surface area (Å²) in [7, 11) is 0. The van der Waals surface area contributed by atoms with Crippen LogP contribution in [0.1, 0.15) is 12.8 Å². The molecule has 2 fully saturated rings. The molecule has 1 saturated heterocycles. The predicted molar refractivity (Wildman–Crippen MR) is 76.3 cm³/mol. The van der Waals surface area contributed by atoms with Gasteiger partial charge in [0, 0.05) is 18.9 Å². The number of hydrogen-bond acceptors (Lipinski definition) is 5. The number of morpholine rings is 1. The monoisotopic (exact) mass is 303 g/mol. The first-order chi connectivity index (χ1) is 10.7. The van der Waals surface area contributed by atoms with Crippen molar-refractivity contribution in [3.05, 3.63) is 29.1 Å². The van der Waals surface area contributed by atoms with E-state index in [4.69, 9.17) is 4.74 Å². The van der Waals surface area contributed by atoms with Crippen molar-refractivity contribution < 1.29 is 9.53 Å². The molecule has 22 heavy (non-hydrogen) atoms. The Hall–Kier alpha value is -2.22. The smallest absolute Gasteiger partial charge is 0.350 e. The van der Waals surface area contributed by atoms with Crippen LogP contribution in [0, 0.1) is 5.92 Å². The largest absolute Gasteiger partial charge is 0.377 e. The molecule has 8 nitrogen and oxygen atoms in total. The molecule has 116 valence electrons. The van der Waals surface area contributed by atoms with Crippen LogP contribution >= 0.6 is 0 Å². The van der Waals surface area contributed by atoms with E-state index in [-0.39, 0.29) is 24.2 Å². The lowest BCUT2D eigenvalue weighted by Crippen LogP contribution is -2.51. The highest BCUT2D eigenvalue weighted by Crippen LogP contribution is 2.36. The zero-order valence-electron chi connectivity index (χ0n) is 12.1. The van der Waals surface area contributed by atoms with Gasteiger partial charge in [0.15, 0.2) is 5.65 Å². The first-order valence-corrected chi connectivity index (χ1v) is 7.50. The fraction of sp³-hybridized carbons (Fsp3) is 0.571. The molecule has 2 aliphatic rings. The van der Waals surface area contributed by atoms with Gasteiger partial charge in [-0.2, -0.15) is 0 Å². The third-order valence-corrected chi connectivity index (χ3v) is 4.33. The van der Waals surface area contributed by atoms with Crippen LogP contribution in [0.25, 0.3) is 5.65 Å². The minimum Gasteiger partial charge on any atom is -0.377 e. The van der Waals surface area contributed by atoms with E-state index < -0.39 is 0 Å². The molecular formula is C14H17N5O3. The van der Waals surface area contributed by atoms with Gasteiger partial charge in [-0.05, 0) is 18.8 Å². The lowest BCUT2D eigenvalue weighted by molar-refractivity contribution is -0.141. The summed E-state index contributed by atoms with van der Waals surface area (Å²) >= 11 is 0. The average Bonchev–Trinajstić information content (AvgIpc) is 3.34. The van der Waals surface area contributed by atoms with Crippen LogP contribution < -0.4 is 5.69 Å². The van der Waals surface area contributed by atoms with Crippen molar-refractivity contribution in [2.24, 2.45) is 5.92 Å². The Labute approximate surface area is 126 Å². The number of carbonyl (C=O) groups excluding carboxylic acids is 1. The highest BCUT2D eigenvalue weighted by Gasteiger charge is 2.39. The molecule has 3 heterocycles. The fourth-order valence-electron chi connectivity index (χ4n) is 3.01. The minimum atomic E-state index is -0.318. The average molecular weight is 303 g/mol. The number of carbonyl (C=O) groups is 1. The number of aromatic nitrogens is 4. The maximum Gasteiger partial charge on any atom is 0.350 e. The molecular weight excluding hydrogens is 286 g/mol. The van der Waals surface area contributed by atoms with Gasteiger partial charge < -0.3 is 9.64 Å². The highest BCUT2D eigenvalue weighted by atomic mass is 16.5. The Kier molecular flexibility index (Phi) is 3.18. The molecule has 0 spiro atoms. The van der Waals surface area contributed by atoms with Gasteiger partial charge in [-0.1, -0.05) is 0 Å². The van der Waals surface area contributed by atoms with Crippen molar-refractivity contribution >= 4 is 11.6 Å². The molecule has 0 radical (unpaired) electrons. The van der Waals surface area contributed by atoms with Crippen molar-refractivity contribution in [3.63, 3.8) is 0 Å². The molecule has 1 aliphatic carbocycles. The Morgan fingerprint density at radius 3 is 3.05 bits per heavy atom. The summed E-state index contributed by atoms with van der Waals surface area (Å²) in [5, 5.41) is 4.16. The van der Waals surface area contributed by atoms with Crippen molar-refractivity contribution in [3.8, 4) is 0 Å². The van der Waals surface area contributed by atoms with Crippen LogP contribution in [0.4, 0.5) is 0 Å². The van der Waals surface area contributed by atoms with Gasteiger partial charge in [0.2, 0.25) is 5.91 Å². The molecule has 0 bridgehead atoms. The molecule has 2 aromatic heterocycles. The van der Waals surface area contributed by atoms with Crippen LogP contribution in [0.2, 0.25) is 0 Å². The van der Waals surface area contributed by atoms with E-state index in [9.17, 15) is 9.59 Å². The van der Waals surface area contributed by atoms with E-state index in [1.165, 1.54) is 21.5 Å². The summed E-state index contributed by atoms with van der Waals surface area (Å²) in [5.74, 6) is 0.477. The number of rotatable bonds is 3. The lowest BCUT2D eigenvalue weighted by atomic mass is 10.1. The Morgan fingerprint density at radius 1 is 1.41 bits per heavy atom. The Morgan fingerprint density at radius 2 is 2.27 bits per heavy atom. The third kappa shape index (κ3) is 2.29. The van der Waals surface area contributed by atoms with E-state index in [1.807, 2.05) is 4.90 Å². The summed E-state index contributed by atoms with van der Waals surface area (Å²) < 4.78 is 8.09. The van der Waals surface area contributed by atoms with Gasteiger partial charge in [0.25, 0.3) is 0 Å². The van der Waals surface area contributed by atoms with Gasteiger partial charge in [0.05, 0.1) is 25.5 Å². The zero-order chi connectivity index (χ0) is 15.1. The number of nitrogens with zero attached hydrogens (tertiary/aromatic N) is 5. The molecule has 4 rings (SSSR count). The van der Waals surface area contributed by atoms with Crippen LogP contribution in [0.15, 0.2) is 23.4 Å². The van der Waals surface area contributed by atoms with E-state index in [1.54, 1.807) is 6.20 Å². The number of fused-ring (bicyclic) bond motifs is 1. The quantitative estimate of drug-likeness (QED) is 0.765. The summed E-state index contributed by atoms with van der Waals surface area (Å²) in [6.45, 7) is 1.70. The number of amides is 1. The zero-order valence-corrected chi connectivity index (χ0v) is 12.1. The second-order valence-electron chi connectivity index (χ2n) is 5.81. The summed E-state index contributed by atoms with van der Waals surface area (Å²) in [4.78, 5) is 30.6. The summed E-state index contributed by atoms with van der Waals surface area (Å²) in [6.07, 6.45) is 6.88. The lowest BCUT2D eigenvalue weighted by Gasteiger charge is -2.35. The summed E-state index contributed by atoms with van der Waals surface area (Å²) in [6, 6.07) is 0.149. The van der Waals surface area contributed by atoms with Gasteiger partial charge in [-0.3, -0.25) is 9.78 Å². The molecule has 1 unspecified atom stereocenters. The van der Waals surface area contributed by atoms with E-state index >= 15 is 0 Å². The second-order valence-corrected chi connectivity index (χ2v) is 5.81. The highest BCUT2D eigenvalue weighted by molar-refractivity contribution is 5.76. The van der Waals surface area contributed by atoms with Crippen LogP contribution in [0.3, 0.4) is 0 Å². The second kappa shape index (κ2) is 5.20. The normalized spacial score (nSPS) is 22.2. The maximum atomic E-state index is 12.6. The van der Waals surface area contributed by atoms with Crippen molar-refractivity contribution in [2.45, 2.75) is 25.4 Å². The van der Waals surface area contributed by atoms with Crippen molar-refractivity contribution in [1.82, 2.24) is 24.1 Å². The van der Waals surface area contributed by atoms with Crippen LogP contribution in [-0.2, 0) is 16.1 Å². The van der Waals surface area contributed by atoms with Gasteiger partial charge in [-0.15, -0.1) is 5.10 Å². The third-order valence-electron chi connectivity index (χ3n) is 4.33.